The lowest BCUT2D eigenvalue weighted by molar-refractivity contribution is -0.114. The van der Waals surface area contributed by atoms with Crippen LogP contribution in [0.15, 0.2) is 79.0 Å². The fourth-order valence-corrected chi connectivity index (χ4v) is 4.13. The van der Waals surface area contributed by atoms with E-state index >= 15 is 0 Å². The lowest BCUT2D eigenvalue weighted by Crippen LogP contribution is -2.36. The van der Waals surface area contributed by atoms with Gasteiger partial charge in [-0.1, -0.05) is 68.8 Å². The van der Waals surface area contributed by atoms with E-state index in [0.717, 1.165) is 36.4 Å². The number of rotatable bonds is 9. The number of nitrogens with one attached hydrogen (secondary N) is 2. The maximum absolute atomic E-state index is 12.7. The van der Waals surface area contributed by atoms with Crippen LogP contribution in [0, 0.1) is 0 Å². The Labute approximate surface area is 201 Å². The molecule has 34 heavy (non-hydrogen) atoms. The summed E-state index contributed by atoms with van der Waals surface area (Å²) >= 11 is 0. The molecule has 0 fully saturated rings. The van der Waals surface area contributed by atoms with Crippen LogP contribution in [0.2, 0.25) is 0 Å². The van der Waals surface area contributed by atoms with Crippen LogP contribution < -0.4 is 10.6 Å². The summed E-state index contributed by atoms with van der Waals surface area (Å²) in [7, 11) is 0. The van der Waals surface area contributed by atoms with E-state index < -0.39 is 5.91 Å². The molecule has 4 rings (SSSR count). The van der Waals surface area contributed by atoms with Crippen LogP contribution in [0.4, 0.5) is 5.69 Å². The molecular weight excluding hydrogens is 422 g/mol. The molecule has 5 nitrogen and oxygen atoms in total. The monoisotopic (exact) mass is 453 g/mol. The summed E-state index contributed by atoms with van der Waals surface area (Å²) in [5.41, 5.74) is 5.71. The van der Waals surface area contributed by atoms with Crippen LogP contribution in [-0.2, 0) is 11.3 Å². The minimum Gasteiger partial charge on any atom is -0.361 e. The molecule has 0 spiro atoms. The Morgan fingerprint density at radius 2 is 1.62 bits per heavy atom. The van der Waals surface area contributed by atoms with Gasteiger partial charge in [0.1, 0.15) is 0 Å². The van der Waals surface area contributed by atoms with Gasteiger partial charge in [-0.25, -0.2) is 0 Å². The second-order valence-electron chi connectivity index (χ2n) is 8.53. The molecule has 1 heterocycles. The SMILES string of the molecule is CCCCN(CC)Cc1ccc(N/C=C2\C(=O)NC(=O)c3ccc(-c4ccccc4)cc32)cc1. The fourth-order valence-electron chi connectivity index (χ4n) is 4.13. The summed E-state index contributed by atoms with van der Waals surface area (Å²) in [5.74, 6) is -0.772. The smallest absolute Gasteiger partial charge is 0.260 e. The lowest BCUT2D eigenvalue weighted by Gasteiger charge is -2.20. The molecule has 0 aromatic heterocycles. The molecule has 0 aliphatic carbocycles. The Hall–Kier alpha value is -3.70. The maximum atomic E-state index is 12.7. The van der Waals surface area contributed by atoms with E-state index in [1.165, 1.54) is 18.4 Å². The first-order chi connectivity index (χ1) is 16.6. The quantitative estimate of drug-likeness (QED) is 0.322. The molecule has 0 saturated heterocycles. The number of fused-ring (bicyclic) bond motifs is 1. The summed E-state index contributed by atoms with van der Waals surface area (Å²) < 4.78 is 0. The molecule has 1 aliphatic heterocycles. The van der Waals surface area contributed by atoms with Crippen molar-refractivity contribution in [3.05, 3.63) is 95.7 Å². The third kappa shape index (κ3) is 5.43. The van der Waals surface area contributed by atoms with E-state index in [-0.39, 0.29) is 5.91 Å². The van der Waals surface area contributed by atoms with Gasteiger partial charge in [-0.3, -0.25) is 19.8 Å². The Morgan fingerprint density at radius 1 is 0.853 bits per heavy atom. The average molecular weight is 454 g/mol. The van der Waals surface area contributed by atoms with Gasteiger partial charge in [0.05, 0.1) is 5.57 Å². The molecule has 2 amide bonds. The van der Waals surface area contributed by atoms with E-state index in [9.17, 15) is 9.59 Å². The highest BCUT2D eigenvalue weighted by Crippen LogP contribution is 2.29. The minimum absolute atomic E-state index is 0.371. The van der Waals surface area contributed by atoms with Crippen molar-refractivity contribution >= 4 is 23.1 Å². The second-order valence-corrected chi connectivity index (χ2v) is 8.53. The first-order valence-corrected chi connectivity index (χ1v) is 11.9. The zero-order valence-electron chi connectivity index (χ0n) is 19.8. The molecule has 0 atom stereocenters. The maximum Gasteiger partial charge on any atom is 0.260 e. The van der Waals surface area contributed by atoms with Gasteiger partial charge in [0.2, 0.25) is 0 Å². The van der Waals surface area contributed by atoms with Crippen LogP contribution in [0.3, 0.4) is 0 Å². The molecular formula is C29H31N3O2. The number of unbranched alkanes of at least 4 members (excludes halogenated alkanes) is 1. The van der Waals surface area contributed by atoms with Gasteiger partial charge in [0, 0.05) is 29.6 Å². The number of amides is 2. The van der Waals surface area contributed by atoms with Gasteiger partial charge in [0.15, 0.2) is 0 Å². The lowest BCUT2D eigenvalue weighted by atomic mass is 9.91. The van der Waals surface area contributed by atoms with Gasteiger partial charge in [-0.2, -0.15) is 0 Å². The van der Waals surface area contributed by atoms with Crippen molar-refractivity contribution in [1.82, 2.24) is 10.2 Å². The summed E-state index contributed by atoms with van der Waals surface area (Å²) in [5, 5.41) is 5.68. The van der Waals surface area contributed by atoms with Crippen LogP contribution in [-0.4, -0.2) is 29.8 Å². The van der Waals surface area contributed by atoms with Crippen molar-refractivity contribution in [1.29, 1.82) is 0 Å². The zero-order valence-corrected chi connectivity index (χ0v) is 19.8. The second kappa shape index (κ2) is 10.9. The summed E-state index contributed by atoms with van der Waals surface area (Å²) in [6.07, 6.45) is 4.09. The Kier molecular flexibility index (Phi) is 7.55. The van der Waals surface area contributed by atoms with Crippen LogP contribution in [0.1, 0.15) is 48.2 Å². The van der Waals surface area contributed by atoms with Gasteiger partial charge in [0.25, 0.3) is 11.8 Å². The number of carbonyl (C=O) groups excluding carboxylic acids is 2. The number of anilines is 1. The van der Waals surface area contributed by atoms with Crippen molar-refractivity contribution in [2.24, 2.45) is 0 Å². The molecule has 3 aromatic rings. The predicted molar refractivity (Wildman–Crippen MR) is 138 cm³/mol. The number of benzene rings is 3. The molecule has 3 aromatic carbocycles. The van der Waals surface area contributed by atoms with Gasteiger partial charge in [-0.05, 0) is 60.5 Å². The fraction of sp³-hybridized carbons (Fsp3) is 0.241. The Morgan fingerprint density at radius 3 is 2.32 bits per heavy atom. The molecule has 174 valence electrons. The molecule has 2 N–H and O–H groups in total. The van der Waals surface area contributed by atoms with Crippen molar-refractivity contribution in [3.63, 3.8) is 0 Å². The standard InChI is InChI=1S/C29H31N3O2/c1-3-5-17-32(4-2)20-21-11-14-24(15-12-21)30-19-27-26-18-23(22-9-7-6-8-10-22)13-16-25(26)28(33)31-29(27)34/h6-16,18-19,30H,3-5,17,20H2,1-2H3,(H,31,33,34)/b27-19-. The Balaban J connectivity index is 1.55. The summed E-state index contributed by atoms with van der Waals surface area (Å²) in [6, 6.07) is 23.8. The van der Waals surface area contributed by atoms with Crippen molar-refractivity contribution in [3.8, 4) is 11.1 Å². The molecule has 0 unspecified atom stereocenters. The first kappa shape index (κ1) is 23.5. The van der Waals surface area contributed by atoms with E-state index in [4.69, 9.17) is 0 Å². The van der Waals surface area contributed by atoms with Gasteiger partial charge >= 0.3 is 0 Å². The van der Waals surface area contributed by atoms with Crippen molar-refractivity contribution < 1.29 is 9.59 Å². The summed E-state index contributed by atoms with van der Waals surface area (Å²) in [4.78, 5) is 27.5. The average Bonchev–Trinajstić information content (AvgIpc) is 2.87. The largest absolute Gasteiger partial charge is 0.361 e. The van der Waals surface area contributed by atoms with Crippen LogP contribution in [0.25, 0.3) is 16.7 Å². The third-order valence-electron chi connectivity index (χ3n) is 6.15. The number of hydrogen-bond acceptors (Lipinski definition) is 4. The highest BCUT2D eigenvalue weighted by molar-refractivity contribution is 6.31. The number of hydrogen-bond donors (Lipinski definition) is 2. The molecule has 0 radical (unpaired) electrons. The normalized spacial score (nSPS) is 14.3. The predicted octanol–water partition coefficient (Wildman–Crippen LogP) is 5.70. The van der Waals surface area contributed by atoms with E-state index in [1.54, 1.807) is 12.3 Å². The van der Waals surface area contributed by atoms with E-state index in [1.807, 2.05) is 54.6 Å². The molecule has 0 saturated carbocycles. The first-order valence-electron chi connectivity index (χ1n) is 11.9. The Bertz CT molecular complexity index is 1180. The van der Waals surface area contributed by atoms with Gasteiger partial charge in [-0.15, -0.1) is 0 Å². The number of imide groups is 1. The van der Waals surface area contributed by atoms with Crippen molar-refractivity contribution in [2.45, 2.75) is 33.2 Å². The molecule has 0 bridgehead atoms. The van der Waals surface area contributed by atoms with Crippen molar-refractivity contribution in [2.75, 3.05) is 18.4 Å². The summed E-state index contributed by atoms with van der Waals surface area (Å²) in [6.45, 7) is 7.48. The minimum atomic E-state index is -0.402. The number of nitrogens with zero attached hydrogens (tertiary/aromatic N) is 1. The highest BCUT2D eigenvalue weighted by Gasteiger charge is 2.27. The topological polar surface area (TPSA) is 61.4 Å². The number of carbonyl (C=O) groups is 2. The third-order valence-corrected chi connectivity index (χ3v) is 6.15. The molecule has 1 aliphatic rings. The van der Waals surface area contributed by atoms with Crippen LogP contribution >= 0.6 is 0 Å². The van der Waals surface area contributed by atoms with Crippen LogP contribution in [0.5, 0.6) is 0 Å². The zero-order chi connectivity index (χ0) is 23.9. The van der Waals surface area contributed by atoms with E-state index in [0.29, 0.717) is 16.7 Å². The van der Waals surface area contributed by atoms with Gasteiger partial charge < -0.3 is 5.32 Å². The van der Waals surface area contributed by atoms with E-state index in [2.05, 4.69) is 41.5 Å². The molecule has 5 heteroatoms. The highest BCUT2D eigenvalue weighted by atomic mass is 16.2.